The second kappa shape index (κ2) is 10.7. The number of rotatable bonds is 9. The van der Waals surface area contributed by atoms with Crippen LogP contribution in [0.3, 0.4) is 0 Å². The van der Waals surface area contributed by atoms with Gasteiger partial charge in [-0.05, 0) is 42.1 Å². The quantitative estimate of drug-likeness (QED) is 0.326. The van der Waals surface area contributed by atoms with E-state index < -0.39 is 12.0 Å². The van der Waals surface area contributed by atoms with Crippen molar-refractivity contribution in [2.24, 2.45) is 4.99 Å². The lowest BCUT2D eigenvalue weighted by Crippen LogP contribution is -2.40. The number of carbonyl (C=O) groups excluding carboxylic acids is 1. The van der Waals surface area contributed by atoms with E-state index in [1.54, 1.807) is 29.7 Å². The molecule has 1 aromatic carbocycles. The summed E-state index contributed by atoms with van der Waals surface area (Å²) < 4.78 is 18.7. The third kappa shape index (κ3) is 4.91. The fraction of sp³-hybridized carbons (Fsp3) is 0.192. The van der Waals surface area contributed by atoms with Crippen molar-refractivity contribution < 1.29 is 19.0 Å². The number of methoxy groups -OCH3 is 1. The molecule has 0 bridgehead atoms. The number of thiazole rings is 1. The molecule has 3 aromatic rings. The van der Waals surface area contributed by atoms with E-state index in [4.69, 9.17) is 14.2 Å². The zero-order chi connectivity index (χ0) is 24.9. The summed E-state index contributed by atoms with van der Waals surface area (Å²) in [5.74, 6) is 0.436. The van der Waals surface area contributed by atoms with E-state index in [2.05, 4.69) is 18.2 Å². The Hall–Kier alpha value is -3.69. The van der Waals surface area contributed by atoms with Gasteiger partial charge in [-0.15, -0.1) is 11.3 Å². The number of thiophene rings is 1. The largest absolute Gasteiger partial charge is 0.493 e. The van der Waals surface area contributed by atoms with Gasteiger partial charge in [0.1, 0.15) is 13.2 Å². The number of nitrogens with zero attached hydrogens (tertiary/aromatic N) is 2. The Morgan fingerprint density at radius 3 is 2.69 bits per heavy atom. The minimum absolute atomic E-state index is 0.0444. The van der Waals surface area contributed by atoms with Crippen molar-refractivity contribution in [1.82, 2.24) is 4.57 Å². The number of hydrogen-bond acceptors (Lipinski definition) is 8. The molecule has 0 aliphatic carbocycles. The van der Waals surface area contributed by atoms with Crippen LogP contribution in [-0.2, 0) is 9.53 Å². The molecule has 4 rings (SSSR count). The number of esters is 1. The maximum absolute atomic E-state index is 13.6. The fourth-order valence-electron chi connectivity index (χ4n) is 3.74. The molecule has 0 fully saturated rings. The van der Waals surface area contributed by atoms with E-state index in [0.717, 1.165) is 4.88 Å². The molecule has 0 saturated carbocycles. The summed E-state index contributed by atoms with van der Waals surface area (Å²) in [5.41, 5.74) is 1.19. The van der Waals surface area contributed by atoms with Crippen LogP contribution >= 0.6 is 22.7 Å². The van der Waals surface area contributed by atoms with Crippen LogP contribution in [0, 0.1) is 0 Å². The molecular formula is C26H24N2O5S2. The van der Waals surface area contributed by atoms with E-state index in [1.807, 2.05) is 29.7 Å². The van der Waals surface area contributed by atoms with Gasteiger partial charge < -0.3 is 14.2 Å². The number of fused-ring (bicyclic) bond motifs is 1. The predicted molar refractivity (Wildman–Crippen MR) is 138 cm³/mol. The lowest BCUT2D eigenvalue weighted by Gasteiger charge is -2.25. The smallest absolute Gasteiger partial charge is 0.338 e. The minimum atomic E-state index is -0.753. The lowest BCUT2D eigenvalue weighted by molar-refractivity contribution is -0.138. The van der Waals surface area contributed by atoms with Crippen LogP contribution in [0.5, 0.6) is 11.5 Å². The molecular weight excluding hydrogens is 484 g/mol. The first-order valence-electron chi connectivity index (χ1n) is 10.7. The van der Waals surface area contributed by atoms with Crippen LogP contribution in [0.2, 0.25) is 0 Å². The Labute approximate surface area is 210 Å². The number of ether oxygens (including phenoxy) is 3. The molecule has 7 nitrogen and oxygen atoms in total. The van der Waals surface area contributed by atoms with Gasteiger partial charge in [0.15, 0.2) is 16.3 Å². The molecule has 9 heteroatoms. The summed E-state index contributed by atoms with van der Waals surface area (Å²) >= 11 is 2.82. The Morgan fingerprint density at radius 2 is 2.00 bits per heavy atom. The third-order valence-electron chi connectivity index (χ3n) is 5.25. The first-order valence-corrected chi connectivity index (χ1v) is 12.4. The van der Waals surface area contributed by atoms with Gasteiger partial charge in [-0.3, -0.25) is 9.36 Å². The second-order valence-electron chi connectivity index (χ2n) is 7.49. The van der Waals surface area contributed by atoms with Crippen molar-refractivity contribution in [3.63, 3.8) is 0 Å². The molecule has 0 spiro atoms. The highest BCUT2D eigenvalue weighted by Gasteiger charge is 2.34. The first-order chi connectivity index (χ1) is 17.0. The van der Waals surface area contributed by atoms with Crippen molar-refractivity contribution in [3.05, 3.63) is 102 Å². The minimum Gasteiger partial charge on any atom is -0.493 e. The van der Waals surface area contributed by atoms with Gasteiger partial charge in [0.25, 0.3) is 5.56 Å². The molecule has 1 aliphatic rings. The monoisotopic (exact) mass is 508 g/mol. The Morgan fingerprint density at radius 1 is 1.20 bits per heavy atom. The molecule has 2 aromatic heterocycles. The normalized spacial score (nSPS) is 15.3. The second-order valence-corrected chi connectivity index (χ2v) is 9.48. The lowest BCUT2D eigenvalue weighted by atomic mass is 9.95. The Balaban J connectivity index is 1.92. The Kier molecular flexibility index (Phi) is 7.48. The van der Waals surface area contributed by atoms with Crippen molar-refractivity contribution in [3.8, 4) is 11.5 Å². The maximum Gasteiger partial charge on any atom is 0.338 e. The van der Waals surface area contributed by atoms with Crippen molar-refractivity contribution >= 4 is 34.7 Å². The summed E-state index contributed by atoms with van der Waals surface area (Å²) in [6, 6.07) is 8.44. The van der Waals surface area contributed by atoms with Crippen molar-refractivity contribution in [2.75, 3.05) is 20.3 Å². The molecule has 0 saturated heterocycles. The van der Waals surface area contributed by atoms with Gasteiger partial charge >= 0.3 is 5.97 Å². The summed E-state index contributed by atoms with van der Waals surface area (Å²) in [7, 11) is 1.53. The van der Waals surface area contributed by atoms with E-state index in [-0.39, 0.29) is 17.7 Å². The Bertz CT molecular complexity index is 1480. The van der Waals surface area contributed by atoms with E-state index in [0.29, 0.717) is 38.7 Å². The molecule has 0 N–H and O–H groups in total. The molecule has 1 atom stereocenters. The van der Waals surface area contributed by atoms with Crippen LogP contribution in [0.25, 0.3) is 6.08 Å². The average molecular weight is 509 g/mol. The highest BCUT2D eigenvalue weighted by atomic mass is 32.1. The summed E-state index contributed by atoms with van der Waals surface area (Å²) in [6.45, 7) is 9.38. The maximum atomic E-state index is 13.6. The molecule has 0 amide bonds. The SMILES string of the molecule is C=CCOC(=O)C1=C(C)N=c2s/c(=C\c3cccs3)c(=O)n2C1c1ccc(OCC=C)c(OC)c1. The molecule has 35 heavy (non-hydrogen) atoms. The van der Waals surface area contributed by atoms with E-state index >= 15 is 0 Å². The number of aromatic nitrogens is 1. The zero-order valence-corrected chi connectivity index (χ0v) is 21.0. The number of carbonyl (C=O) groups is 1. The van der Waals surface area contributed by atoms with Gasteiger partial charge in [-0.25, -0.2) is 9.79 Å². The molecule has 0 radical (unpaired) electrons. The highest BCUT2D eigenvalue weighted by molar-refractivity contribution is 7.11. The van der Waals surface area contributed by atoms with Crippen molar-refractivity contribution in [1.29, 1.82) is 0 Å². The standard InChI is InChI=1S/C26H24N2O5S2/c1-5-11-32-19-10-9-17(14-20(19)31-4)23-22(25(30)33-12-6-2)16(3)27-26-28(23)24(29)21(35-26)15-18-8-7-13-34-18/h5-10,13-15,23H,1-2,11-12H2,3-4H3/b21-15-. The average Bonchev–Trinajstić information content (AvgIpc) is 3.48. The van der Waals surface area contributed by atoms with E-state index in [1.165, 1.54) is 35.9 Å². The van der Waals surface area contributed by atoms with Gasteiger partial charge in [0.05, 0.1) is 29.0 Å². The summed E-state index contributed by atoms with van der Waals surface area (Å²) in [5, 5.41) is 1.95. The topological polar surface area (TPSA) is 79.1 Å². The fourth-order valence-corrected chi connectivity index (χ4v) is 5.50. The van der Waals surface area contributed by atoms with Crippen molar-refractivity contribution in [2.45, 2.75) is 13.0 Å². The van der Waals surface area contributed by atoms with Crippen LogP contribution in [0.15, 0.2) is 82.1 Å². The van der Waals surface area contributed by atoms with Crippen LogP contribution in [0.1, 0.15) is 23.4 Å². The molecule has 1 aliphatic heterocycles. The zero-order valence-electron chi connectivity index (χ0n) is 19.4. The third-order valence-corrected chi connectivity index (χ3v) is 7.05. The first kappa shape index (κ1) is 24.4. The highest BCUT2D eigenvalue weighted by Crippen LogP contribution is 2.36. The predicted octanol–water partition coefficient (Wildman–Crippen LogP) is 3.60. The summed E-state index contributed by atoms with van der Waals surface area (Å²) in [4.78, 5) is 32.8. The van der Waals surface area contributed by atoms with E-state index in [9.17, 15) is 9.59 Å². The van der Waals surface area contributed by atoms with Crippen LogP contribution in [0.4, 0.5) is 0 Å². The number of benzene rings is 1. The van der Waals surface area contributed by atoms with Gasteiger partial charge in [-0.2, -0.15) is 0 Å². The number of hydrogen-bond donors (Lipinski definition) is 0. The van der Waals surface area contributed by atoms with Gasteiger partial charge in [-0.1, -0.05) is 48.8 Å². The van der Waals surface area contributed by atoms with Gasteiger partial charge in [0, 0.05) is 4.88 Å². The summed E-state index contributed by atoms with van der Waals surface area (Å²) in [6.07, 6.45) is 4.97. The molecule has 1 unspecified atom stereocenters. The van der Waals surface area contributed by atoms with Crippen LogP contribution in [-0.4, -0.2) is 30.9 Å². The number of allylic oxidation sites excluding steroid dienone is 1. The van der Waals surface area contributed by atoms with Gasteiger partial charge in [0.2, 0.25) is 0 Å². The molecule has 180 valence electrons. The molecule has 3 heterocycles. The van der Waals surface area contributed by atoms with Crippen LogP contribution < -0.4 is 24.4 Å².